The SMILES string of the molecule is c1ccc(CN2CCC3NNc4nc(NCCc5cccnc5)nc2c43)cc1. The zero-order chi connectivity index (χ0) is 18.8. The maximum atomic E-state index is 4.88. The summed E-state index contributed by atoms with van der Waals surface area (Å²) in [6.07, 6.45) is 5.61. The van der Waals surface area contributed by atoms with Gasteiger partial charge >= 0.3 is 0 Å². The van der Waals surface area contributed by atoms with Gasteiger partial charge in [-0.15, -0.1) is 0 Å². The number of pyridine rings is 1. The minimum Gasteiger partial charge on any atom is -0.354 e. The van der Waals surface area contributed by atoms with Crippen molar-refractivity contribution in [3.05, 3.63) is 71.5 Å². The normalized spacial score (nSPS) is 17.1. The molecule has 7 heteroatoms. The summed E-state index contributed by atoms with van der Waals surface area (Å²) in [5.74, 6) is 2.57. The molecule has 28 heavy (non-hydrogen) atoms. The number of hydrogen-bond donors (Lipinski definition) is 3. The van der Waals surface area contributed by atoms with Gasteiger partial charge in [-0.2, -0.15) is 9.97 Å². The number of hydrogen-bond acceptors (Lipinski definition) is 7. The molecule has 142 valence electrons. The Kier molecular flexibility index (Phi) is 4.50. The van der Waals surface area contributed by atoms with E-state index in [0.717, 1.165) is 44.1 Å². The van der Waals surface area contributed by atoms with Gasteiger partial charge in [-0.1, -0.05) is 36.4 Å². The number of nitrogens with zero attached hydrogens (tertiary/aromatic N) is 4. The standard InChI is InChI=1S/C21H23N7/c1-2-5-16(6-3-1)14-28-12-9-17-18-19(27-26-17)24-21(25-20(18)28)23-11-8-15-7-4-10-22-13-15/h1-7,10,13,17,26H,8-9,11-12,14H2,(H2,23,24,25,27). The fraction of sp³-hybridized carbons (Fsp3) is 0.286. The molecular formula is C21H23N7. The van der Waals surface area contributed by atoms with Crippen molar-refractivity contribution in [1.29, 1.82) is 0 Å². The van der Waals surface area contributed by atoms with Crippen LogP contribution in [0.4, 0.5) is 17.6 Å². The lowest BCUT2D eigenvalue weighted by Gasteiger charge is -2.32. The van der Waals surface area contributed by atoms with Crippen molar-refractivity contribution in [2.75, 3.05) is 28.7 Å². The van der Waals surface area contributed by atoms with E-state index in [1.54, 1.807) is 6.20 Å². The van der Waals surface area contributed by atoms with E-state index >= 15 is 0 Å². The van der Waals surface area contributed by atoms with Gasteiger partial charge in [0.1, 0.15) is 5.82 Å². The summed E-state index contributed by atoms with van der Waals surface area (Å²) in [5, 5.41) is 3.38. The Balaban J connectivity index is 1.37. The molecule has 0 saturated heterocycles. The highest BCUT2D eigenvalue weighted by Crippen LogP contribution is 2.41. The number of aromatic nitrogens is 3. The van der Waals surface area contributed by atoms with E-state index in [1.807, 2.05) is 12.3 Å². The van der Waals surface area contributed by atoms with E-state index in [2.05, 4.69) is 67.4 Å². The minimum absolute atomic E-state index is 0.279. The van der Waals surface area contributed by atoms with Crippen LogP contribution in [-0.4, -0.2) is 28.0 Å². The van der Waals surface area contributed by atoms with E-state index in [4.69, 9.17) is 4.98 Å². The Bertz CT molecular complexity index is 946. The maximum absolute atomic E-state index is 4.88. The largest absolute Gasteiger partial charge is 0.354 e. The topological polar surface area (TPSA) is 78.0 Å². The Morgan fingerprint density at radius 2 is 1.96 bits per heavy atom. The van der Waals surface area contributed by atoms with Crippen LogP contribution >= 0.6 is 0 Å². The quantitative estimate of drug-likeness (QED) is 0.613. The highest BCUT2D eigenvalue weighted by molar-refractivity contribution is 5.67. The van der Waals surface area contributed by atoms with Crippen LogP contribution in [0.5, 0.6) is 0 Å². The van der Waals surface area contributed by atoms with E-state index < -0.39 is 0 Å². The molecule has 3 aromatic rings. The first-order chi connectivity index (χ1) is 13.9. The van der Waals surface area contributed by atoms with Gasteiger partial charge in [-0.3, -0.25) is 4.98 Å². The molecule has 5 rings (SSSR count). The van der Waals surface area contributed by atoms with Gasteiger partial charge in [0.05, 0.1) is 11.6 Å². The van der Waals surface area contributed by atoms with Gasteiger partial charge in [0, 0.05) is 32.0 Å². The molecule has 0 spiro atoms. The van der Waals surface area contributed by atoms with Crippen LogP contribution in [0.3, 0.4) is 0 Å². The van der Waals surface area contributed by atoms with Crippen LogP contribution in [-0.2, 0) is 13.0 Å². The molecule has 1 aromatic carbocycles. The van der Waals surface area contributed by atoms with Crippen molar-refractivity contribution in [2.45, 2.75) is 25.4 Å². The summed E-state index contributed by atoms with van der Waals surface area (Å²) >= 11 is 0. The fourth-order valence-corrected chi connectivity index (χ4v) is 3.85. The van der Waals surface area contributed by atoms with Crippen molar-refractivity contribution < 1.29 is 0 Å². The van der Waals surface area contributed by atoms with Crippen molar-refractivity contribution in [1.82, 2.24) is 20.4 Å². The van der Waals surface area contributed by atoms with Gasteiger partial charge < -0.3 is 15.6 Å². The van der Waals surface area contributed by atoms with Gasteiger partial charge in [0.25, 0.3) is 0 Å². The predicted octanol–water partition coefficient (Wildman–Crippen LogP) is 2.91. The van der Waals surface area contributed by atoms with Gasteiger partial charge in [-0.25, -0.2) is 5.43 Å². The molecule has 2 aromatic heterocycles. The second-order valence-electron chi connectivity index (χ2n) is 7.19. The monoisotopic (exact) mass is 373 g/mol. The lowest BCUT2D eigenvalue weighted by Crippen LogP contribution is -2.34. The Morgan fingerprint density at radius 1 is 1.07 bits per heavy atom. The summed E-state index contributed by atoms with van der Waals surface area (Å²) in [7, 11) is 0. The summed E-state index contributed by atoms with van der Waals surface area (Å²) in [5.41, 5.74) is 10.2. The van der Waals surface area contributed by atoms with Crippen molar-refractivity contribution >= 4 is 17.6 Å². The smallest absolute Gasteiger partial charge is 0.226 e. The first-order valence-corrected chi connectivity index (χ1v) is 9.72. The highest BCUT2D eigenvalue weighted by atomic mass is 15.4. The van der Waals surface area contributed by atoms with E-state index in [9.17, 15) is 0 Å². The summed E-state index contributed by atoms with van der Waals surface area (Å²) < 4.78 is 0. The summed E-state index contributed by atoms with van der Waals surface area (Å²) in [4.78, 5) is 16.1. The highest BCUT2D eigenvalue weighted by Gasteiger charge is 2.34. The number of anilines is 3. The molecule has 4 heterocycles. The predicted molar refractivity (Wildman–Crippen MR) is 110 cm³/mol. The number of rotatable bonds is 6. The number of benzene rings is 1. The molecule has 1 atom stereocenters. The van der Waals surface area contributed by atoms with Crippen molar-refractivity contribution in [3.8, 4) is 0 Å². The van der Waals surface area contributed by atoms with E-state index in [0.29, 0.717) is 5.95 Å². The molecule has 0 bridgehead atoms. The molecule has 3 N–H and O–H groups in total. The Morgan fingerprint density at radius 3 is 2.82 bits per heavy atom. The average Bonchev–Trinajstić information content (AvgIpc) is 3.16. The molecule has 7 nitrogen and oxygen atoms in total. The average molecular weight is 373 g/mol. The molecule has 0 amide bonds. The molecule has 0 saturated carbocycles. The zero-order valence-corrected chi connectivity index (χ0v) is 15.6. The second-order valence-corrected chi connectivity index (χ2v) is 7.19. The van der Waals surface area contributed by atoms with Gasteiger partial charge in [0.2, 0.25) is 5.95 Å². The third-order valence-electron chi connectivity index (χ3n) is 5.26. The molecule has 0 radical (unpaired) electrons. The molecular weight excluding hydrogens is 350 g/mol. The lowest BCUT2D eigenvalue weighted by atomic mass is 10.0. The van der Waals surface area contributed by atoms with Crippen LogP contribution in [0.1, 0.15) is 29.2 Å². The van der Waals surface area contributed by atoms with Crippen molar-refractivity contribution in [2.24, 2.45) is 0 Å². The Hall–Kier alpha value is -3.19. The number of hydrazine groups is 1. The lowest BCUT2D eigenvalue weighted by molar-refractivity contribution is 0.534. The molecule has 2 aliphatic heterocycles. The fourth-order valence-electron chi connectivity index (χ4n) is 3.85. The zero-order valence-electron chi connectivity index (χ0n) is 15.6. The first kappa shape index (κ1) is 16.9. The van der Waals surface area contributed by atoms with Crippen molar-refractivity contribution in [3.63, 3.8) is 0 Å². The first-order valence-electron chi connectivity index (χ1n) is 9.72. The van der Waals surface area contributed by atoms with E-state index in [-0.39, 0.29) is 6.04 Å². The Labute approximate surface area is 164 Å². The van der Waals surface area contributed by atoms with Crippen LogP contribution in [0.15, 0.2) is 54.9 Å². The number of nitrogens with one attached hydrogen (secondary N) is 3. The maximum Gasteiger partial charge on any atom is 0.226 e. The minimum atomic E-state index is 0.279. The molecule has 2 aliphatic rings. The summed E-state index contributed by atoms with van der Waals surface area (Å²) in [6.45, 7) is 2.58. The van der Waals surface area contributed by atoms with Crippen LogP contribution < -0.4 is 21.1 Å². The van der Waals surface area contributed by atoms with Crippen LogP contribution in [0.2, 0.25) is 0 Å². The van der Waals surface area contributed by atoms with Gasteiger partial charge in [0.15, 0.2) is 5.82 Å². The van der Waals surface area contributed by atoms with Gasteiger partial charge in [-0.05, 0) is 30.0 Å². The summed E-state index contributed by atoms with van der Waals surface area (Å²) in [6, 6.07) is 14.9. The third kappa shape index (κ3) is 3.36. The van der Waals surface area contributed by atoms with Crippen LogP contribution in [0, 0.1) is 0 Å². The van der Waals surface area contributed by atoms with Crippen LogP contribution in [0.25, 0.3) is 0 Å². The molecule has 0 fully saturated rings. The molecule has 1 unspecified atom stereocenters. The molecule has 0 aliphatic carbocycles. The van der Waals surface area contributed by atoms with E-state index in [1.165, 1.54) is 16.7 Å². The second kappa shape index (κ2) is 7.44. The third-order valence-corrected chi connectivity index (χ3v) is 5.26.